The fourth-order valence-corrected chi connectivity index (χ4v) is 2.50. The first-order valence-electron chi connectivity index (χ1n) is 6.66. The molecule has 5 nitrogen and oxygen atoms in total. The molecule has 1 unspecified atom stereocenters. The summed E-state index contributed by atoms with van der Waals surface area (Å²) in [4.78, 5) is 12.0. The quantitative estimate of drug-likeness (QED) is 0.788. The van der Waals surface area contributed by atoms with Crippen molar-refractivity contribution in [1.29, 1.82) is 0 Å². The molecule has 4 N–H and O–H groups in total. The van der Waals surface area contributed by atoms with Gasteiger partial charge in [0.25, 0.3) is 0 Å². The van der Waals surface area contributed by atoms with Crippen LogP contribution in [0.5, 0.6) is 0 Å². The van der Waals surface area contributed by atoms with E-state index < -0.39 is 6.04 Å². The van der Waals surface area contributed by atoms with Crippen molar-refractivity contribution in [3.63, 3.8) is 0 Å². The number of fused-ring (bicyclic) bond motifs is 1. The van der Waals surface area contributed by atoms with Crippen LogP contribution in [0.4, 0.5) is 0 Å². The molecular weight excluding hydrogens is 264 g/mol. The van der Waals surface area contributed by atoms with E-state index in [0.717, 1.165) is 25.0 Å². The highest BCUT2D eigenvalue weighted by Gasteiger charge is 2.25. The fourth-order valence-electron chi connectivity index (χ4n) is 2.50. The van der Waals surface area contributed by atoms with Crippen molar-refractivity contribution in [3.8, 4) is 0 Å². The van der Waals surface area contributed by atoms with Gasteiger partial charge in [-0.05, 0) is 37.2 Å². The van der Waals surface area contributed by atoms with Crippen LogP contribution in [0.1, 0.15) is 50.4 Å². The summed E-state index contributed by atoms with van der Waals surface area (Å²) in [5, 5.41) is 10.1. The summed E-state index contributed by atoms with van der Waals surface area (Å²) in [7, 11) is 0. The summed E-state index contributed by atoms with van der Waals surface area (Å²) >= 11 is 0. The van der Waals surface area contributed by atoms with E-state index in [2.05, 4.69) is 29.4 Å². The van der Waals surface area contributed by atoms with Crippen molar-refractivity contribution < 1.29 is 4.79 Å². The van der Waals surface area contributed by atoms with E-state index in [-0.39, 0.29) is 24.4 Å². The van der Waals surface area contributed by atoms with E-state index in [1.807, 2.05) is 6.20 Å². The Hall–Kier alpha value is -1.07. The highest BCUT2D eigenvalue weighted by atomic mass is 35.5. The Morgan fingerprint density at radius 3 is 3.05 bits per heavy atom. The number of aromatic amines is 1. The molecule has 2 atom stereocenters. The van der Waals surface area contributed by atoms with Crippen LogP contribution in [-0.4, -0.2) is 22.1 Å². The first-order valence-corrected chi connectivity index (χ1v) is 6.66. The lowest BCUT2D eigenvalue weighted by Crippen LogP contribution is -2.43. The first-order chi connectivity index (χ1) is 8.58. The van der Waals surface area contributed by atoms with Gasteiger partial charge in [-0.15, -0.1) is 12.4 Å². The number of H-pyrrole nitrogens is 1. The van der Waals surface area contributed by atoms with Gasteiger partial charge in [0.1, 0.15) is 0 Å². The summed E-state index contributed by atoms with van der Waals surface area (Å²) in [6.07, 6.45) is 5.64. The Kier molecular flexibility index (Phi) is 5.82. The highest BCUT2D eigenvalue weighted by molar-refractivity contribution is 5.85. The van der Waals surface area contributed by atoms with Crippen molar-refractivity contribution in [2.24, 2.45) is 11.7 Å². The van der Waals surface area contributed by atoms with Crippen LogP contribution < -0.4 is 11.1 Å². The second-order valence-electron chi connectivity index (χ2n) is 5.50. The van der Waals surface area contributed by atoms with Gasteiger partial charge in [-0.3, -0.25) is 9.89 Å². The summed E-state index contributed by atoms with van der Waals surface area (Å²) in [5.74, 6) is 0.371. The second-order valence-corrected chi connectivity index (χ2v) is 5.50. The number of aryl methyl sites for hydroxylation is 1. The Morgan fingerprint density at radius 1 is 1.63 bits per heavy atom. The molecule has 1 aromatic heterocycles. The Labute approximate surface area is 120 Å². The molecule has 2 rings (SSSR count). The number of rotatable bonds is 4. The molecule has 1 aliphatic carbocycles. The number of aromatic nitrogens is 2. The molecule has 0 radical (unpaired) electrons. The third-order valence-corrected chi connectivity index (χ3v) is 3.42. The average molecular weight is 287 g/mol. The number of nitrogens with one attached hydrogen (secondary N) is 2. The summed E-state index contributed by atoms with van der Waals surface area (Å²) < 4.78 is 0. The average Bonchev–Trinajstić information content (AvgIpc) is 2.77. The Balaban J connectivity index is 0.00000180. The third-order valence-electron chi connectivity index (χ3n) is 3.42. The zero-order valence-corrected chi connectivity index (χ0v) is 12.3. The fraction of sp³-hybridized carbons (Fsp3) is 0.692. The molecule has 0 spiro atoms. The molecule has 108 valence electrons. The van der Waals surface area contributed by atoms with Crippen LogP contribution in [0.25, 0.3) is 0 Å². The lowest BCUT2D eigenvalue weighted by atomic mass is 9.93. The minimum Gasteiger partial charge on any atom is -0.346 e. The Morgan fingerprint density at radius 2 is 2.37 bits per heavy atom. The number of hydrogen-bond donors (Lipinski definition) is 3. The number of halogens is 1. The van der Waals surface area contributed by atoms with Gasteiger partial charge < -0.3 is 11.1 Å². The largest absolute Gasteiger partial charge is 0.346 e. The van der Waals surface area contributed by atoms with E-state index in [9.17, 15) is 4.79 Å². The monoisotopic (exact) mass is 286 g/mol. The topological polar surface area (TPSA) is 83.8 Å². The lowest BCUT2D eigenvalue weighted by Gasteiger charge is -2.24. The van der Waals surface area contributed by atoms with E-state index in [0.29, 0.717) is 12.3 Å². The van der Waals surface area contributed by atoms with Gasteiger partial charge in [-0.25, -0.2) is 0 Å². The molecule has 0 bridgehead atoms. The van der Waals surface area contributed by atoms with Crippen molar-refractivity contribution in [1.82, 2.24) is 15.5 Å². The molecule has 1 aliphatic rings. The van der Waals surface area contributed by atoms with Crippen LogP contribution >= 0.6 is 12.4 Å². The molecule has 1 heterocycles. The highest BCUT2D eigenvalue weighted by Crippen LogP contribution is 2.27. The van der Waals surface area contributed by atoms with Crippen molar-refractivity contribution in [2.45, 2.75) is 51.6 Å². The van der Waals surface area contributed by atoms with Gasteiger partial charge in [0, 0.05) is 0 Å². The van der Waals surface area contributed by atoms with Gasteiger partial charge in [0.05, 0.1) is 24.0 Å². The maximum atomic E-state index is 12.0. The van der Waals surface area contributed by atoms with Crippen LogP contribution in [-0.2, 0) is 11.2 Å². The molecule has 0 saturated heterocycles. The summed E-state index contributed by atoms with van der Waals surface area (Å²) in [5.41, 5.74) is 8.15. The number of nitrogens with zero attached hydrogens (tertiary/aromatic N) is 1. The van der Waals surface area contributed by atoms with Crippen molar-refractivity contribution in [3.05, 3.63) is 17.5 Å². The second kappa shape index (κ2) is 6.91. The molecule has 6 heteroatoms. The van der Waals surface area contributed by atoms with E-state index in [1.54, 1.807) is 0 Å². The van der Waals surface area contributed by atoms with E-state index in [1.165, 1.54) is 5.56 Å². The molecular formula is C13H23ClN4O. The van der Waals surface area contributed by atoms with E-state index in [4.69, 9.17) is 5.73 Å². The SMILES string of the molecule is CC(C)C[C@H](N)C(=O)NC1CCCc2cn[nH]c21.Cl. The predicted octanol–water partition coefficient (Wildman–Crippen LogP) is 1.70. The van der Waals surface area contributed by atoms with Gasteiger partial charge in [0.15, 0.2) is 0 Å². The van der Waals surface area contributed by atoms with Crippen LogP contribution in [0, 0.1) is 5.92 Å². The summed E-state index contributed by atoms with van der Waals surface area (Å²) in [6.45, 7) is 4.14. The van der Waals surface area contributed by atoms with Gasteiger partial charge >= 0.3 is 0 Å². The van der Waals surface area contributed by atoms with Gasteiger partial charge in [0.2, 0.25) is 5.91 Å². The molecule has 0 aromatic carbocycles. The van der Waals surface area contributed by atoms with Crippen molar-refractivity contribution in [2.75, 3.05) is 0 Å². The first kappa shape index (κ1) is 16.0. The van der Waals surface area contributed by atoms with Gasteiger partial charge in [-0.2, -0.15) is 5.10 Å². The normalized spacial score (nSPS) is 19.5. The molecule has 0 fully saturated rings. The maximum Gasteiger partial charge on any atom is 0.237 e. The predicted molar refractivity (Wildman–Crippen MR) is 77.1 cm³/mol. The van der Waals surface area contributed by atoms with Gasteiger partial charge in [-0.1, -0.05) is 13.8 Å². The number of hydrogen-bond acceptors (Lipinski definition) is 3. The van der Waals surface area contributed by atoms with Crippen LogP contribution in [0.3, 0.4) is 0 Å². The molecule has 0 aliphatic heterocycles. The number of carbonyl (C=O) groups excluding carboxylic acids is 1. The standard InChI is InChI=1S/C13H22N4O.ClH/c1-8(2)6-10(14)13(18)16-11-5-3-4-9-7-15-17-12(9)11;/h7-8,10-11H,3-6,14H2,1-2H3,(H,15,17)(H,16,18);1H/t10-,11?;/m0./s1. The maximum absolute atomic E-state index is 12.0. The Bertz CT molecular complexity index is 419. The number of carbonyl (C=O) groups is 1. The van der Waals surface area contributed by atoms with E-state index >= 15 is 0 Å². The number of amides is 1. The third kappa shape index (κ3) is 3.94. The smallest absolute Gasteiger partial charge is 0.237 e. The minimum absolute atomic E-state index is 0. The van der Waals surface area contributed by atoms with Crippen LogP contribution in [0.2, 0.25) is 0 Å². The molecule has 19 heavy (non-hydrogen) atoms. The lowest BCUT2D eigenvalue weighted by molar-refractivity contribution is -0.123. The minimum atomic E-state index is -0.418. The molecule has 0 saturated carbocycles. The molecule has 1 aromatic rings. The molecule has 1 amide bonds. The van der Waals surface area contributed by atoms with Crippen molar-refractivity contribution >= 4 is 18.3 Å². The number of nitrogens with two attached hydrogens (primary N) is 1. The zero-order valence-electron chi connectivity index (χ0n) is 11.5. The summed E-state index contributed by atoms with van der Waals surface area (Å²) in [6, 6.07) is -0.375. The zero-order chi connectivity index (χ0) is 13.1. The van der Waals surface area contributed by atoms with Crippen LogP contribution in [0.15, 0.2) is 6.20 Å².